The van der Waals surface area contributed by atoms with Crippen LogP contribution < -0.4 is 5.73 Å². The van der Waals surface area contributed by atoms with Gasteiger partial charge in [-0.1, -0.05) is 91.3 Å². The first kappa shape index (κ1) is 23.9. The number of nitrogens with two attached hydrogens (primary N) is 1. The monoisotopic (exact) mass is 560 g/mol. The maximum Gasteiger partial charge on any atom is 0.127 e. The molecule has 0 fully saturated rings. The molecule has 0 saturated heterocycles. The number of rotatable bonds is 4. The molecule has 176 valence electrons. The largest absolute Gasteiger partial charge is 0.396 e. The minimum Gasteiger partial charge on any atom is -0.396 e. The van der Waals surface area contributed by atoms with E-state index in [2.05, 4.69) is 67.0 Å². The van der Waals surface area contributed by atoms with E-state index in [0.717, 1.165) is 42.0 Å². The van der Waals surface area contributed by atoms with Crippen molar-refractivity contribution < 1.29 is 4.21 Å². The second-order valence-corrected chi connectivity index (χ2v) is 13.0. The van der Waals surface area contributed by atoms with Crippen LogP contribution in [0.1, 0.15) is 26.3 Å². The summed E-state index contributed by atoms with van der Waals surface area (Å²) in [5.41, 5.74) is 12.4. The van der Waals surface area contributed by atoms with Crippen molar-refractivity contribution in [2.75, 3.05) is 5.73 Å². The molecule has 0 aliphatic rings. The molecule has 0 aliphatic carbocycles. The van der Waals surface area contributed by atoms with E-state index in [9.17, 15) is 4.21 Å². The summed E-state index contributed by atoms with van der Waals surface area (Å²) >= 11 is 4.92. The summed E-state index contributed by atoms with van der Waals surface area (Å²) in [5.74, 6) is 0. The lowest BCUT2D eigenvalue weighted by Crippen LogP contribution is -2.10. The van der Waals surface area contributed by atoms with Crippen molar-refractivity contribution >= 4 is 54.0 Å². The minimum atomic E-state index is -1.40. The smallest absolute Gasteiger partial charge is 0.127 e. The van der Waals surface area contributed by atoms with E-state index in [1.807, 2.05) is 54.6 Å². The predicted molar refractivity (Wildman–Crippen MR) is 152 cm³/mol. The Morgan fingerprint density at radius 1 is 0.886 bits per heavy atom. The summed E-state index contributed by atoms with van der Waals surface area (Å²) in [5, 5.41) is 0.858. The van der Waals surface area contributed by atoms with E-state index in [0.29, 0.717) is 9.90 Å². The fourth-order valence-electron chi connectivity index (χ4n) is 4.04. The van der Waals surface area contributed by atoms with Crippen LogP contribution in [0, 0.1) is 0 Å². The normalized spacial score (nSPS) is 12.7. The maximum absolute atomic E-state index is 13.6. The number of nitrogens with zero attached hydrogens (tertiary/aromatic N) is 1. The molecule has 2 heterocycles. The molecular weight excluding hydrogens is 536 g/mol. The molecule has 3 aromatic carbocycles. The highest BCUT2D eigenvalue weighted by molar-refractivity contribution is 9.10. The van der Waals surface area contributed by atoms with E-state index in [1.165, 1.54) is 16.9 Å². The molecule has 0 bridgehead atoms. The molecule has 0 aliphatic heterocycles. The SMILES string of the molecule is CC(C)(C)c1ccc(S(=O)c2sc3nc(-c4ccc(Br)cc4)cc(-c4ccccc4)c3c2N)cc1. The zero-order valence-corrected chi connectivity index (χ0v) is 22.9. The molecule has 6 heteroatoms. The van der Waals surface area contributed by atoms with Gasteiger partial charge in [0.05, 0.1) is 22.2 Å². The van der Waals surface area contributed by atoms with Gasteiger partial charge in [-0.25, -0.2) is 9.19 Å². The van der Waals surface area contributed by atoms with Crippen LogP contribution in [-0.4, -0.2) is 9.19 Å². The first-order valence-electron chi connectivity index (χ1n) is 11.3. The molecule has 1 unspecified atom stereocenters. The van der Waals surface area contributed by atoms with Crippen LogP contribution in [0.3, 0.4) is 0 Å². The molecule has 5 rings (SSSR count). The zero-order chi connectivity index (χ0) is 24.7. The highest BCUT2D eigenvalue weighted by Crippen LogP contribution is 2.43. The highest BCUT2D eigenvalue weighted by atomic mass is 79.9. The number of nitrogen functional groups attached to an aromatic ring is 1. The molecular formula is C29H25BrN2OS2. The van der Waals surface area contributed by atoms with Crippen LogP contribution in [0.2, 0.25) is 0 Å². The van der Waals surface area contributed by atoms with Crippen molar-refractivity contribution in [3.63, 3.8) is 0 Å². The molecule has 0 saturated carbocycles. The van der Waals surface area contributed by atoms with E-state index < -0.39 is 10.8 Å². The van der Waals surface area contributed by atoms with Gasteiger partial charge < -0.3 is 5.73 Å². The summed E-state index contributed by atoms with van der Waals surface area (Å²) in [6, 6.07) is 28.3. The third-order valence-electron chi connectivity index (χ3n) is 5.99. The van der Waals surface area contributed by atoms with Crippen LogP contribution in [0.5, 0.6) is 0 Å². The summed E-state index contributed by atoms with van der Waals surface area (Å²) in [6.45, 7) is 6.51. The first-order chi connectivity index (χ1) is 16.7. The fourth-order valence-corrected chi connectivity index (χ4v) is 6.88. The Hall–Kier alpha value is -2.80. The molecule has 1 atom stereocenters. The standard InChI is InChI=1S/C29H25BrN2OS2/c1-29(2,3)20-11-15-22(16-12-20)35(33)28-26(31)25-23(18-7-5-4-6-8-18)17-24(32-27(25)34-28)19-9-13-21(30)14-10-19/h4-17H,31H2,1-3H3. The minimum absolute atomic E-state index is 0.0363. The van der Waals surface area contributed by atoms with Crippen molar-refractivity contribution in [1.29, 1.82) is 0 Å². The first-order valence-corrected chi connectivity index (χ1v) is 14.0. The number of halogens is 1. The summed E-state index contributed by atoms with van der Waals surface area (Å²) in [7, 11) is -1.40. The Morgan fingerprint density at radius 2 is 1.54 bits per heavy atom. The van der Waals surface area contributed by atoms with Gasteiger partial charge in [0.2, 0.25) is 0 Å². The molecule has 3 nitrogen and oxygen atoms in total. The Kier molecular flexibility index (Phi) is 6.38. The van der Waals surface area contributed by atoms with Crippen LogP contribution in [-0.2, 0) is 16.2 Å². The summed E-state index contributed by atoms with van der Waals surface area (Å²) < 4.78 is 15.3. The summed E-state index contributed by atoms with van der Waals surface area (Å²) in [6.07, 6.45) is 0. The summed E-state index contributed by atoms with van der Waals surface area (Å²) in [4.78, 5) is 6.48. The zero-order valence-electron chi connectivity index (χ0n) is 19.7. The molecule has 0 spiro atoms. The second kappa shape index (κ2) is 9.34. The number of benzene rings is 3. The number of pyridine rings is 1. The number of fused-ring (bicyclic) bond motifs is 1. The molecule has 0 radical (unpaired) electrons. The van der Waals surface area contributed by atoms with Gasteiger partial charge in [0.25, 0.3) is 0 Å². The Balaban J connectivity index is 1.67. The second-order valence-electron chi connectivity index (χ2n) is 9.45. The quantitative estimate of drug-likeness (QED) is 0.240. The van der Waals surface area contributed by atoms with Crippen molar-refractivity contribution in [2.45, 2.75) is 35.3 Å². The molecule has 5 aromatic rings. The Morgan fingerprint density at radius 3 is 2.17 bits per heavy atom. The fraction of sp³-hybridized carbons (Fsp3) is 0.138. The van der Waals surface area contributed by atoms with Crippen LogP contribution in [0.25, 0.3) is 32.6 Å². The predicted octanol–water partition coefficient (Wildman–Crippen LogP) is 8.44. The molecule has 2 N–H and O–H groups in total. The highest BCUT2D eigenvalue weighted by Gasteiger charge is 2.22. The van der Waals surface area contributed by atoms with Gasteiger partial charge in [0, 0.05) is 20.3 Å². The van der Waals surface area contributed by atoms with Crippen molar-refractivity contribution in [3.8, 4) is 22.4 Å². The van der Waals surface area contributed by atoms with E-state index in [1.54, 1.807) is 0 Å². The number of aromatic nitrogens is 1. The topological polar surface area (TPSA) is 56.0 Å². The lowest BCUT2D eigenvalue weighted by molar-refractivity contribution is 0.589. The average Bonchev–Trinajstić information content (AvgIpc) is 3.20. The number of anilines is 1. The lowest BCUT2D eigenvalue weighted by atomic mass is 9.87. The Labute approximate surface area is 220 Å². The van der Waals surface area contributed by atoms with Gasteiger partial charge in [-0.05, 0) is 52.4 Å². The van der Waals surface area contributed by atoms with Gasteiger partial charge in [0.15, 0.2) is 0 Å². The van der Waals surface area contributed by atoms with E-state index in [-0.39, 0.29) is 5.41 Å². The van der Waals surface area contributed by atoms with E-state index >= 15 is 0 Å². The molecule has 0 amide bonds. The van der Waals surface area contributed by atoms with Gasteiger partial charge in [0.1, 0.15) is 9.04 Å². The number of hydrogen-bond acceptors (Lipinski definition) is 4. The van der Waals surface area contributed by atoms with Crippen LogP contribution in [0.4, 0.5) is 5.69 Å². The number of hydrogen-bond donors (Lipinski definition) is 1. The third kappa shape index (κ3) is 4.70. The molecule has 35 heavy (non-hydrogen) atoms. The van der Waals surface area contributed by atoms with Gasteiger partial charge >= 0.3 is 0 Å². The molecule has 2 aromatic heterocycles. The maximum atomic E-state index is 13.6. The third-order valence-corrected chi connectivity index (χ3v) is 9.38. The Bertz CT molecular complexity index is 1530. The average molecular weight is 562 g/mol. The van der Waals surface area contributed by atoms with Crippen molar-refractivity contribution in [3.05, 3.63) is 95.0 Å². The van der Waals surface area contributed by atoms with Gasteiger partial charge in [-0.3, -0.25) is 0 Å². The van der Waals surface area contributed by atoms with Crippen molar-refractivity contribution in [1.82, 2.24) is 4.98 Å². The lowest BCUT2D eigenvalue weighted by Gasteiger charge is -2.19. The van der Waals surface area contributed by atoms with Crippen LogP contribution >= 0.6 is 27.3 Å². The van der Waals surface area contributed by atoms with E-state index in [4.69, 9.17) is 10.7 Å². The van der Waals surface area contributed by atoms with Crippen LogP contribution in [0.15, 0.2) is 98.5 Å². The van der Waals surface area contributed by atoms with Gasteiger partial charge in [-0.2, -0.15) is 0 Å². The van der Waals surface area contributed by atoms with Crippen molar-refractivity contribution in [2.24, 2.45) is 0 Å². The number of thiophene rings is 1. The van der Waals surface area contributed by atoms with Gasteiger partial charge in [-0.15, -0.1) is 11.3 Å².